The smallest absolute Gasteiger partial charge is 0.253 e. The first-order chi connectivity index (χ1) is 14.3. The van der Waals surface area contributed by atoms with Crippen LogP contribution in [0.4, 0.5) is 11.4 Å². The second-order valence-corrected chi connectivity index (χ2v) is 6.84. The molecule has 0 saturated carbocycles. The maximum atomic E-state index is 12.5. The van der Waals surface area contributed by atoms with Crippen LogP contribution in [-0.2, 0) is 4.74 Å². The van der Waals surface area contributed by atoms with E-state index in [2.05, 4.69) is 15.6 Å². The van der Waals surface area contributed by atoms with Crippen molar-refractivity contribution in [1.82, 2.24) is 10.3 Å². The third-order valence-electron chi connectivity index (χ3n) is 4.65. The highest BCUT2D eigenvalue weighted by Crippen LogP contribution is 2.31. The van der Waals surface area contributed by atoms with E-state index in [0.717, 1.165) is 30.9 Å². The lowest BCUT2D eigenvalue weighted by Crippen LogP contribution is -2.31. The second-order valence-electron chi connectivity index (χ2n) is 6.84. The van der Waals surface area contributed by atoms with Crippen LogP contribution in [0.1, 0.15) is 23.2 Å². The molecule has 4 rings (SSSR count). The Kier molecular flexibility index (Phi) is 6.02. The van der Waals surface area contributed by atoms with E-state index in [-0.39, 0.29) is 12.0 Å². The maximum absolute atomic E-state index is 12.5. The topological polar surface area (TPSA) is 72.5 Å². The number of amides is 1. The predicted molar refractivity (Wildman–Crippen MR) is 112 cm³/mol. The Hall–Kier alpha value is -3.38. The molecule has 1 fully saturated rings. The van der Waals surface area contributed by atoms with E-state index in [4.69, 9.17) is 9.47 Å². The van der Waals surface area contributed by atoms with Gasteiger partial charge in [-0.05, 0) is 43.2 Å². The van der Waals surface area contributed by atoms with Crippen LogP contribution in [0, 0.1) is 0 Å². The van der Waals surface area contributed by atoms with Gasteiger partial charge in [0.2, 0.25) is 0 Å². The number of nitrogens with one attached hydrogen (secondary N) is 2. The molecule has 1 aromatic heterocycles. The van der Waals surface area contributed by atoms with Gasteiger partial charge in [-0.15, -0.1) is 0 Å². The molecule has 0 aliphatic carbocycles. The van der Waals surface area contributed by atoms with Crippen molar-refractivity contribution in [3.8, 4) is 11.5 Å². The number of carbonyl (C=O) groups is 1. The van der Waals surface area contributed by atoms with Crippen LogP contribution in [0.15, 0.2) is 73.1 Å². The van der Waals surface area contributed by atoms with Gasteiger partial charge in [0.05, 0.1) is 29.2 Å². The number of pyridine rings is 1. The van der Waals surface area contributed by atoms with Gasteiger partial charge in [-0.3, -0.25) is 9.78 Å². The first-order valence-corrected chi connectivity index (χ1v) is 9.72. The van der Waals surface area contributed by atoms with Gasteiger partial charge in [-0.1, -0.05) is 30.3 Å². The normalized spacial score (nSPS) is 15.7. The summed E-state index contributed by atoms with van der Waals surface area (Å²) in [6.07, 6.45) is 5.37. The van der Waals surface area contributed by atoms with Crippen LogP contribution >= 0.6 is 0 Å². The molecule has 148 valence electrons. The fourth-order valence-electron chi connectivity index (χ4n) is 3.18. The van der Waals surface area contributed by atoms with Crippen LogP contribution in [0.2, 0.25) is 0 Å². The number of benzene rings is 2. The monoisotopic (exact) mass is 389 g/mol. The third kappa shape index (κ3) is 5.12. The van der Waals surface area contributed by atoms with Crippen LogP contribution in [0.5, 0.6) is 11.5 Å². The number of ether oxygens (including phenoxy) is 2. The number of carbonyl (C=O) groups excluding carboxylic acids is 1. The van der Waals surface area contributed by atoms with Gasteiger partial charge in [0.25, 0.3) is 5.91 Å². The molecule has 1 atom stereocenters. The van der Waals surface area contributed by atoms with Gasteiger partial charge in [0.15, 0.2) is 5.75 Å². The number of rotatable bonds is 7. The molecule has 6 nitrogen and oxygen atoms in total. The van der Waals surface area contributed by atoms with Gasteiger partial charge >= 0.3 is 0 Å². The van der Waals surface area contributed by atoms with Crippen LogP contribution in [0.3, 0.4) is 0 Å². The van der Waals surface area contributed by atoms with Crippen LogP contribution in [-0.4, -0.2) is 30.1 Å². The van der Waals surface area contributed by atoms with Crippen molar-refractivity contribution in [2.24, 2.45) is 0 Å². The largest absolute Gasteiger partial charge is 0.455 e. The Labute approximate surface area is 169 Å². The third-order valence-corrected chi connectivity index (χ3v) is 4.65. The van der Waals surface area contributed by atoms with E-state index < -0.39 is 0 Å². The van der Waals surface area contributed by atoms with E-state index in [1.54, 1.807) is 18.5 Å². The lowest BCUT2D eigenvalue weighted by molar-refractivity contribution is 0.0857. The van der Waals surface area contributed by atoms with Crippen molar-refractivity contribution in [2.75, 3.05) is 18.5 Å². The number of hydrogen-bond donors (Lipinski definition) is 2. The van der Waals surface area contributed by atoms with Gasteiger partial charge in [0.1, 0.15) is 5.75 Å². The van der Waals surface area contributed by atoms with Gasteiger partial charge in [-0.2, -0.15) is 0 Å². The molecule has 1 amide bonds. The van der Waals surface area contributed by atoms with E-state index >= 15 is 0 Å². The predicted octanol–water partition coefficient (Wildman–Crippen LogP) is 4.53. The zero-order chi connectivity index (χ0) is 19.9. The molecular weight excluding hydrogens is 366 g/mol. The van der Waals surface area contributed by atoms with Gasteiger partial charge < -0.3 is 20.1 Å². The average molecular weight is 389 g/mol. The number of aromatic nitrogens is 1. The molecule has 0 radical (unpaired) electrons. The average Bonchev–Trinajstić information content (AvgIpc) is 3.28. The van der Waals surface area contributed by atoms with Crippen molar-refractivity contribution >= 4 is 17.3 Å². The highest BCUT2D eigenvalue weighted by molar-refractivity contribution is 5.94. The fourth-order valence-corrected chi connectivity index (χ4v) is 3.18. The Morgan fingerprint density at radius 3 is 2.76 bits per heavy atom. The molecule has 2 heterocycles. The van der Waals surface area contributed by atoms with Crippen molar-refractivity contribution < 1.29 is 14.3 Å². The minimum absolute atomic E-state index is 0.107. The van der Waals surface area contributed by atoms with Crippen molar-refractivity contribution in [3.05, 3.63) is 78.6 Å². The number of nitrogens with zero attached hydrogens (tertiary/aromatic N) is 1. The number of hydrogen-bond acceptors (Lipinski definition) is 5. The lowest BCUT2D eigenvalue weighted by atomic mass is 10.2. The Bertz CT molecular complexity index is 956. The van der Waals surface area contributed by atoms with Crippen molar-refractivity contribution in [3.63, 3.8) is 0 Å². The number of anilines is 2. The second kappa shape index (κ2) is 9.21. The summed E-state index contributed by atoms with van der Waals surface area (Å²) in [5.41, 5.74) is 1.99. The zero-order valence-corrected chi connectivity index (χ0v) is 16.0. The molecule has 3 aromatic rings. The molecule has 1 aliphatic heterocycles. The van der Waals surface area contributed by atoms with E-state index in [1.165, 1.54) is 0 Å². The van der Waals surface area contributed by atoms with Gasteiger partial charge in [-0.25, -0.2) is 0 Å². The first kappa shape index (κ1) is 19.0. The Morgan fingerprint density at radius 1 is 1.10 bits per heavy atom. The van der Waals surface area contributed by atoms with E-state index in [1.807, 2.05) is 54.6 Å². The summed E-state index contributed by atoms with van der Waals surface area (Å²) < 4.78 is 11.5. The fraction of sp³-hybridized carbons (Fsp3) is 0.217. The Morgan fingerprint density at radius 2 is 1.93 bits per heavy atom. The SMILES string of the molecule is O=C(NCC1CCCO1)c1cncc(Nc2ccccc2Oc2ccccc2)c1. The summed E-state index contributed by atoms with van der Waals surface area (Å²) in [6.45, 7) is 1.29. The molecular formula is C23H23N3O3. The quantitative estimate of drug-likeness (QED) is 0.621. The molecule has 6 heteroatoms. The molecule has 1 aliphatic rings. The minimum Gasteiger partial charge on any atom is -0.455 e. The summed E-state index contributed by atoms with van der Waals surface area (Å²) >= 11 is 0. The number of para-hydroxylation sites is 3. The van der Waals surface area contributed by atoms with E-state index in [0.29, 0.717) is 23.5 Å². The zero-order valence-electron chi connectivity index (χ0n) is 16.0. The molecule has 1 unspecified atom stereocenters. The van der Waals surface area contributed by atoms with E-state index in [9.17, 15) is 4.79 Å². The molecule has 0 spiro atoms. The summed E-state index contributed by atoms with van der Waals surface area (Å²) in [4.78, 5) is 16.7. The molecule has 2 aromatic carbocycles. The van der Waals surface area contributed by atoms with Gasteiger partial charge in [0, 0.05) is 19.3 Å². The summed E-state index contributed by atoms with van der Waals surface area (Å²) in [5, 5.41) is 6.21. The minimum atomic E-state index is -0.162. The van der Waals surface area contributed by atoms with Crippen LogP contribution in [0.25, 0.3) is 0 Å². The van der Waals surface area contributed by atoms with Crippen molar-refractivity contribution in [1.29, 1.82) is 0 Å². The molecule has 29 heavy (non-hydrogen) atoms. The standard InChI is InChI=1S/C23H23N3O3/c27-23(25-16-20-9-6-12-28-20)17-13-18(15-24-14-17)26-21-10-4-5-11-22(21)29-19-7-2-1-3-8-19/h1-5,7-8,10-11,13-15,20,26H,6,9,12,16H2,(H,25,27). The maximum Gasteiger partial charge on any atom is 0.253 e. The molecule has 2 N–H and O–H groups in total. The highest BCUT2D eigenvalue weighted by Gasteiger charge is 2.17. The molecule has 0 bridgehead atoms. The summed E-state index contributed by atoms with van der Waals surface area (Å²) in [7, 11) is 0. The Balaban J connectivity index is 1.44. The highest BCUT2D eigenvalue weighted by atomic mass is 16.5. The lowest BCUT2D eigenvalue weighted by Gasteiger charge is -2.14. The molecule has 1 saturated heterocycles. The van der Waals surface area contributed by atoms with Crippen LogP contribution < -0.4 is 15.4 Å². The summed E-state index contributed by atoms with van der Waals surface area (Å²) in [5.74, 6) is 1.28. The summed E-state index contributed by atoms with van der Waals surface area (Å²) in [6, 6.07) is 19.0. The first-order valence-electron chi connectivity index (χ1n) is 9.72. The van der Waals surface area contributed by atoms with Crippen molar-refractivity contribution in [2.45, 2.75) is 18.9 Å².